The summed E-state index contributed by atoms with van der Waals surface area (Å²) in [5.74, 6) is 0.577. The minimum Gasteiger partial charge on any atom is -0.449 e. The fourth-order valence-corrected chi connectivity index (χ4v) is 2.19. The van der Waals surface area contributed by atoms with Crippen molar-refractivity contribution in [1.82, 2.24) is 10.2 Å². The van der Waals surface area contributed by atoms with Crippen LogP contribution in [0.3, 0.4) is 0 Å². The van der Waals surface area contributed by atoms with Gasteiger partial charge in [-0.05, 0) is 39.3 Å². The number of ether oxygens (including phenoxy) is 1. The molecule has 1 aliphatic rings. The summed E-state index contributed by atoms with van der Waals surface area (Å²) >= 11 is 0. The molecule has 1 atom stereocenters. The lowest BCUT2D eigenvalue weighted by atomic mass is 10.2. The van der Waals surface area contributed by atoms with Gasteiger partial charge in [0.1, 0.15) is 23.5 Å². The molecule has 0 radical (unpaired) electrons. The third-order valence-electron chi connectivity index (χ3n) is 3.11. The molecule has 0 aromatic carbocycles. The second-order valence-electron chi connectivity index (χ2n) is 6.13. The molecule has 7 nitrogen and oxygen atoms in total. The van der Waals surface area contributed by atoms with Crippen molar-refractivity contribution in [3.63, 3.8) is 0 Å². The van der Waals surface area contributed by atoms with E-state index in [2.05, 4.69) is 5.32 Å². The Labute approximate surface area is 128 Å². The predicted octanol–water partition coefficient (Wildman–Crippen LogP) is 1.78. The standard InChI is InChI=1S/C15H19N3O4/c1-15(2,3)22-14(20)17-12-6-7-18(13(12)19)9-11-5-4-10(8-16)21-11/h4-5,12H,6-7,9H2,1-3H3,(H,17,20). The van der Waals surface area contributed by atoms with Gasteiger partial charge in [-0.2, -0.15) is 5.26 Å². The van der Waals surface area contributed by atoms with Crippen molar-refractivity contribution in [2.24, 2.45) is 0 Å². The molecule has 1 fully saturated rings. The van der Waals surface area contributed by atoms with Crippen LogP contribution in [0, 0.1) is 11.3 Å². The zero-order valence-corrected chi connectivity index (χ0v) is 12.9. The third-order valence-corrected chi connectivity index (χ3v) is 3.11. The number of alkyl carbamates (subject to hydrolysis) is 1. The van der Waals surface area contributed by atoms with Crippen molar-refractivity contribution in [1.29, 1.82) is 5.26 Å². The van der Waals surface area contributed by atoms with Gasteiger partial charge >= 0.3 is 6.09 Å². The highest BCUT2D eigenvalue weighted by molar-refractivity contribution is 5.87. The Bertz CT molecular complexity index is 609. The Morgan fingerprint density at radius 2 is 2.27 bits per heavy atom. The van der Waals surface area contributed by atoms with Crippen LogP contribution in [0.15, 0.2) is 16.5 Å². The van der Waals surface area contributed by atoms with Crippen molar-refractivity contribution in [2.75, 3.05) is 6.54 Å². The molecular formula is C15H19N3O4. The number of nitriles is 1. The van der Waals surface area contributed by atoms with E-state index in [0.29, 0.717) is 18.7 Å². The topological polar surface area (TPSA) is 95.6 Å². The number of hydrogen-bond acceptors (Lipinski definition) is 5. The SMILES string of the molecule is CC(C)(C)OC(=O)NC1CCN(Cc2ccc(C#N)o2)C1=O. The molecular weight excluding hydrogens is 286 g/mol. The maximum absolute atomic E-state index is 12.2. The fourth-order valence-electron chi connectivity index (χ4n) is 2.19. The highest BCUT2D eigenvalue weighted by Gasteiger charge is 2.34. The second kappa shape index (κ2) is 6.10. The number of likely N-dealkylation sites (tertiary alicyclic amines) is 1. The third kappa shape index (κ3) is 4.01. The van der Waals surface area contributed by atoms with Gasteiger partial charge in [-0.3, -0.25) is 4.79 Å². The molecule has 1 saturated heterocycles. The molecule has 0 aliphatic carbocycles. The van der Waals surface area contributed by atoms with Gasteiger partial charge in [-0.1, -0.05) is 0 Å². The van der Waals surface area contributed by atoms with E-state index in [1.807, 2.05) is 6.07 Å². The average Bonchev–Trinajstić information content (AvgIpc) is 2.98. The van der Waals surface area contributed by atoms with Crippen molar-refractivity contribution < 1.29 is 18.7 Å². The number of hydrogen-bond donors (Lipinski definition) is 1. The Hall–Kier alpha value is -2.49. The lowest BCUT2D eigenvalue weighted by Gasteiger charge is -2.21. The highest BCUT2D eigenvalue weighted by Crippen LogP contribution is 2.17. The lowest BCUT2D eigenvalue weighted by molar-refractivity contribution is -0.130. The number of nitrogens with one attached hydrogen (secondary N) is 1. The molecule has 1 aliphatic heterocycles. The van der Waals surface area contributed by atoms with Gasteiger partial charge < -0.3 is 19.4 Å². The van der Waals surface area contributed by atoms with Crippen LogP contribution in [0.2, 0.25) is 0 Å². The summed E-state index contributed by atoms with van der Waals surface area (Å²) in [4.78, 5) is 25.5. The van der Waals surface area contributed by atoms with Gasteiger partial charge in [0.05, 0.1) is 6.54 Å². The van der Waals surface area contributed by atoms with Gasteiger partial charge in [-0.25, -0.2) is 4.79 Å². The van der Waals surface area contributed by atoms with Crippen molar-refractivity contribution in [3.05, 3.63) is 23.7 Å². The fraction of sp³-hybridized carbons (Fsp3) is 0.533. The first-order chi connectivity index (χ1) is 10.3. The molecule has 1 aromatic rings. The molecule has 22 heavy (non-hydrogen) atoms. The zero-order valence-electron chi connectivity index (χ0n) is 12.9. The van der Waals surface area contributed by atoms with E-state index in [9.17, 15) is 9.59 Å². The maximum atomic E-state index is 12.2. The van der Waals surface area contributed by atoms with E-state index in [4.69, 9.17) is 14.4 Å². The first-order valence-electron chi connectivity index (χ1n) is 7.05. The van der Waals surface area contributed by atoms with Gasteiger partial charge in [-0.15, -0.1) is 0 Å². The summed E-state index contributed by atoms with van der Waals surface area (Å²) in [6, 6.07) is 4.54. The minimum atomic E-state index is -0.604. The number of furan rings is 1. The van der Waals surface area contributed by atoms with Crippen LogP contribution in [0.25, 0.3) is 0 Å². The number of carbonyl (C=O) groups is 2. The first-order valence-corrected chi connectivity index (χ1v) is 7.05. The van der Waals surface area contributed by atoms with Crippen LogP contribution in [-0.4, -0.2) is 35.1 Å². The van der Waals surface area contributed by atoms with E-state index < -0.39 is 17.7 Å². The first kappa shape index (κ1) is 15.9. The number of carbonyl (C=O) groups excluding carboxylic acids is 2. The molecule has 1 unspecified atom stereocenters. The van der Waals surface area contributed by atoms with Crippen LogP contribution in [0.1, 0.15) is 38.7 Å². The molecule has 0 bridgehead atoms. The molecule has 0 saturated carbocycles. The van der Waals surface area contributed by atoms with E-state index in [0.717, 1.165) is 0 Å². The molecule has 2 rings (SSSR count). The number of amides is 2. The van der Waals surface area contributed by atoms with Crippen LogP contribution in [-0.2, 0) is 16.1 Å². The average molecular weight is 305 g/mol. The molecule has 7 heteroatoms. The Morgan fingerprint density at radius 3 is 2.86 bits per heavy atom. The van der Waals surface area contributed by atoms with Gasteiger partial charge in [0.15, 0.2) is 0 Å². The summed E-state index contributed by atoms with van der Waals surface area (Å²) in [6.45, 7) is 6.09. The van der Waals surface area contributed by atoms with E-state index in [1.54, 1.807) is 37.8 Å². The zero-order chi connectivity index (χ0) is 16.3. The van der Waals surface area contributed by atoms with E-state index in [-0.39, 0.29) is 18.2 Å². The molecule has 1 N–H and O–H groups in total. The smallest absolute Gasteiger partial charge is 0.408 e. The summed E-state index contributed by atoms with van der Waals surface area (Å²) in [5, 5.41) is 11.3. The lowest BCUT2D eigenvalue weighted by Crippen LogP contribution is -2.43. The van der Waals surface area contributed by atoms with Gasteiger partial charge in [0.2, 0.25) is 11.7 Å². The molecule has 2 amide bonds. The largest absolute Gasteiger partial charge is 0.449 e. The van der Waals surface area contributed by atoms with Crippen molar-refractivity contribution in [3.8, 4) is 6.07 Å². The van der Waals surface area contributed by atoms with E-state index in [1.165, 1.54) is 0 Å². The van der Waals surface area contributed by atoms with Gasteiger partial charge in [0, 0.05) is 6.54 Å². The predicted molar refractivity (Wildman–Crippen MR) is 76.6 cm³/mol. The number of nitrogens with zero attached hydrogens (tertiary/aromatic N) is 2. The van der Waals surface area contributed by atoms with Crippen LogP contribution < -0.4 is 5.32 Å². The molecule has 2 heterocycles. The monoisotopic (exact) mass is 305 g/mol. The molecule has 1 aromatic heterocycles. The summed E-state index contributed by atoms with van der Waals surface area (Å²) in [5.41, 5.74) is -0.604. The van der Waals surface area contributed by atoms with Crippen LogP contribution >= 0.6 is 0 Å². The Morgan fingerprint density at radius 1 is 1.55 bits per heavy atom. The summed E-state index contributed by atoms with van der Waals surface area (Å²) in [7, 11) is 0. The van der Waals surface area contributed by atoms with Crippen molar-refractivity contribution >= 4 is 12.0 Å². The summed E-state index contributed by atoms with van der Waals surface area (Å²) < 4.78 is 10.4. The van der Waals surface area contributed by atoms with Crippen LogP contribution in [0.4, 0.5) is 4.79 Å². The normalized spacial score (nSPS) is 18.2. The minimum absolute atomic E-state index is 0.180. The Balaban J connectivity index is 1.89. The molecule has 0 spiro atoms. The van der Waals surface area contributed by atoms with Gasteiger partial charge in [0.25, 0.3) is 0 Å². The summed E-state index contributed by atoms with van der Waals surface area (Å²) in [6.07, 6.45) is -0.0818. The highest BCUT2D eigenvalue weighted by atomic mass is 16.6. The van der Waals surface area contributed by atoms with Crippen molar-refractivity contribution in [2.45, 2.75) is 45.4 Å². The second-order valence-corrected chi connectivity index (χ2v) is 6.13. The van der Waals surface area contributed by atoms with E-state index >= 15 is 0 Å². The van der Waals surface area contributed by atoms with Crippen LogP contribution in [0.5, 0.6) is 0 Å². The maximum Gasteiger partial charge on any atom is 0.408 e. The molecule has 118 valence electrons. The quantitative estimate of drug-likeness (QED) is 0.918. The Kier molecular flexibility index (Phi) is 4.40. The number of rotatable bonds is 3.